The molecule has 1 aromatic carbocycles. The van der Waals surface area contributed by atoms with Gasteiger partial charge in [0, 0.05) is 51.1 Å². The molecule has 0 aliphatic carbocycles. The maximum absolute atomic E-state index is 13.9. The highest BCUT2D eigenvalue weighted by molar-refractivity contribution is 7.89. The molecule has 0 saturated carbocycles. The molecule has 1 aliphatic heterocycles. The van der Waals surface area contributed by atoms with Gasteiger partial charge in [-0.1, -0.05) is 6.07 Å². The van der Waals surface area contributed by atoms with Gasteiger partial charge in [-0.05, 0) is 18.2 Å². The van der Waals surface area contributed by atoms with Crippen molar-refractivity contribution < 1.29 is 22.0 Å². The fraction of sp³-hybridized carbons (Fsp3) is 0.294. The number of carbonyl (C=O) groups is 1. The normalized spacial score (nSPS) is 15.7. The molecule has 2 aromatic rings. The predicted octanol–water partition coefficient (Wildman–Crippen LogP) is 0.810. The van der Waals surface area contributed by atoms with Gasteiger partial charge in [0.05, 0.1) is 0 Å². The molecule has 1 amide bonds. The van der Waals surface area contributed by atoms with Crippen LogP contribution in [0.2, 0.25) is 0 Å². The van der Waals surface area contributed by atoms with Crippen LogP contribution in [-0.4, -0.2) is 54.3 Å². The zero-order valence-corrected chi connectivity index (χ0v) is 15.2. The Morgan fingerprint density at radius 3 is 2.19 bits per heavy atom. The van der Waals surface area contributed by atoms with Crippen LogP contribution >= 0.6 is 0 Å². The number of pyridine rings is 1. The van der Waals surface area contributed by atoms with Crippen molar-refractivity contribution in [2.24, 2.45) is 7.05 Å². The minimum Gasteiger partial charge on any atom is -0.336 e. The second-order valence-electron chi connectivity index (χ2n) is 6.11. The molecule has 0 unspecified atom stereocenters. The summed E-state index contributed by atoms with van der Waals surface area (Å²) >= 11 is 0. The molecule has 7 nitrogen and oxygen atoms in total. The third kappa shape index (κ3) is 3.62. The van der Waals surface area contributed by atoms with E-state index >= 15 is 0 Å². The number of rotatable bonds is 3. The number of hydrogen-bond acceptors (Lipinski definition) is 4. The third-order valence-electron chi connectivity index (χ3n) is 4.39. The average Bonchev–Trinajstić information content (AvgIpc) is 2.63. The van der Waals surface area contributed by atoms with Crippen LogP contribution < -0.4 is 5.56 Å². The van der Waals surface area contributed by atoms with Crippen molar-refractivity contribution in [2.45, 2.75) is 4.90 Å². The van der Waals surface area contributed by atoms with E-state index in [1.54, 1.807) is 7.05 Å². The molecule has 2 heterocycles. The first-order valence-electron chi connectivity index (χ1n) is 8.12. The average molecular weight is 397 g/mol. The Bertz CT molecular complexity index is 1020. The monoisotopic (exact) mass is 397 g/mol. The van der Waals surface area contributed by atoms with Crippen molar-refractivity contribution in [3.8, 4) is 0 Å². The first-order chi connectivity index (χ1) is 12.7. The van der Waals surface area contributed by atoms with E-state index in [4.69, 9.17) is 0 Å². The van der Waals surface area contributed by atoms with E-state index in [-0.39, 0.29) is 37.3 Å². The maximum atomic E-state index is 13.9. The van der Waals surface area contributed by atoms with E-state index in [9.17, 15) is 26.8 Å². The largest absolute Gasteiger partial charge is 0.336 e. The molecular weight excluding hydrogens is 380 g/mol. The van der Waals surface area contributed by atoms with Crippen LogP contribution in [0.4, 0.5) is 8.78 Å². The van der Waals surface area contributed by atoms with Crippen LogP contribution in [0.25, 0.3) is 0 Å². The fourth-order valence-corrected chi connectivity index (χ4v) is 4.38. The van der Waals surface area contributed by atoms with E-state index < -0.39 is 32.5 Å². The van der Waals surface area contributed by atoms with Crippen molar-refractivity contribution >= 4 is 15.9 Å². The standard InChI is InChI=1S/C17H17F2N3O4S/c1-20-6-5-12(11-15(20)23)17(24)21-7-9-22(10-8-21)27(25,26)16-13(18)3-2-4-14(16)19/h2-6,11H,7-10H2,1H3. The highest BCUT2D eigenvalue weighted by Gasteiger charge is 2.34. The minimum atomic E-state index is -4.36. The lowest BCUT2D eigenvalue weighted by atomic mass is 10.2. The van der Waals surface area contributed by atoms with Gasteiger partial charge in [0.25, 0.3) is 11.5 Å². The van der Waals surface area contributed by atoms with Crippen molar-refractivity contribution in [2.75, 3.05) is 26.2 Å². The number of amides is 1. The van der Waals surface area contributed by atoms with Gasteiger partial charge in [0.15, 0.2) is 4.90 Å². The summed E-state index contributed by atoms with van der Waals surface area (Å²) in [5.41, 5.74) is -0.133. The van der Waals surface area contributed by atoms with Crippen LogP contribution in [0.15, 0.2) is 46.2 Å². The molecule has 1 saturated heterocycles. The zero-order valence-electron chi connectivity index (χ0n) is 14.4. The number of aromatic nitrogens is 1. The molecular formula is C17H17F2N3O4S. The van der Waals surface area contributed by atoms with Crippen LogP contribution in [-0.2, 0) is 17.1 Å². The number of sulfonamides is 1. The molecule has 0 bridgehead atoms. The van der Waals surface area contributed by atoms with Crippen LogP contribution in [0, 0.1) is 11.6 Å². The molecule has 144 valence electrons. The quantitative estimate of drug-likeness (QED) is 0.768. The highest BCUT2D eigenvalue weighted by atomic mass is 32.2. The van der Waals surface area contributed by atoms with Crippen LogP contribution in [0.1, 0.15) is 10.4 Å². The van der Waals surface area contributed by atoms with Gasteiger partial charge >= 0.3 is 0 Å². The Morgan fingerprint density at radius 1 is 1.04 bits per heavy atom. The molecule has 27 heavy (non-hydrogen) atoms. The summed E-state index contributed by atoms with van der Waals surface area (Å²) < 4.78 is 55.1. The van der Waals surface area contributed by atoms with E-state index in [0.29, 0.717) is 0 Å². The Kier molecular flexibility index (Phi) is 5.11. The molecule has 0 atom stereocenters. The Labute approximate surface area is 154 Å². The molecule has 0 radical (unpaired) electrons. The van der Waals surface area contributed by atoms with Crippen molar-refractivity contribution in [3.63, 3.8) is 0 Å². The van der Waals surface area contributed by atoms with Gasteiger partial charge in [-0.2, -0.15) is 4.31 Å². The number of benzene rings is 1. The summed E-state index contributed by atoms with van der Waals surface area (Å²) in [5.74, 6) is -2.72. The van der Waals surface area contributed by atoms with Gasteiger partial charge in [0.2, 0.25) is 10.0 Å². The molecule has 0 spiro atoms. The van der Waals surface area contributed by atoms with E-state index in [2.05, 4.69) is 0 Å². The predicted molar refractivity (Wildman–Crippen MR) is 92.7 cm³/mol. The van der Waals surface area contributed by atoms with Crippen LogP contribution in [0.3, 0.4) is 0 Å². The number of piperazine rings is 1. The lowest BCUT2D eigenvalue weighted by Crippen LogP contribution is -2.50. The van der Waals surface area contributed by atoms with Crippen molar-refractivity contribution in [3.05, 3.63) is 64.1 Å². The zero-order chi connectivity index (χ0) is 19.8. The molecule has 1 fully saturated rings. The Hall–Kier alpha value is -2.59. The lowest BCUT2D eigenvalue weighted by Gasteiger charge is -2.34. The van der Waals surface area contributed by atoms with Gasteiger partial charge in [-0.15, -0.1) is 0 Å². The topological polar surface area (TPSA) is 79.7 Å². The van der Waals surface area contributed by atoms with Gasteiger partial charge in [-0.25, -0.2) is 17.2 Å². The van der Waals surface area contributed by atoms with E-state index in [1.165, 1.54) is 27.8 Å². The number of carbonyl (C=O) groups excluding carboxylic acids is 1. The summed E-state index contributed by atoms with van der Waals surface area (Å²) in [5, 5.41) is 0. The molecule has 0 N–H and O–H groups in total. The van der Waals surface area contributed by atoms with E-state index in [0.717, 1.165) is 22.5 Å². The van der Waals surface area contributed by atoms with Crippen molar-refractivity contribution in [1.29, 1.82) is 0 Å². The first kappa shape index (κ1) is 19.2. The number of nitrogens with zero attached hydrogens (tertiary/aromatic N) is 3. The summed E-state index contributed by atoms with van der Waals surface area (Å²) in [6.07, 6.45) is 1.47. The summed E-state index contributed by atoms with van der Waals surface area (Å²) in [4.78, 5) is 24.6. The summed E-state index contributed by atoms with van der Waals surface area (Å²) in [6.45, 7) is -0.119. The summed E-state index contributed by atoms with van der Waals surface area (Å²) in [6, 6.07) is 5.56. The van der Waals surface area contributed by atoms with Gasteiger partial charge in [0.1, 0.15) is 11.6 Å². The van der Waals surface area contributed by atoms with Gasteiger partial charge < -0.3 is 9.47 Å². The second kappa shape index (κ2) is 7.20. The SMILES string of the molecule is Cn1ccc(C(=O)N2CCN(S(=O)(=O)c3c(F)cccc3F)CC2)cc1=O. The second-order valence-corrected chi connectivity index (χ2v) is 7.99. The molecule has 1 aromatic heterocycles. The molecule has 1 aliphatic rings. The Morgan fingerprint density at radius 2 is 1.63 bits per heavy atom. The number of aryl methyl sites for hydroxylation is 1. The summed E-state index contributed by atoms with van der Waals surface area (Å²) in [7, 11) is -2.80. The van der Waals surface area contributed by atoms with Gasteiger partial charge in [-0.3, -0.25) is 9.59 Å². The van der Waals surface area contributed by atoms with Crippen LogP contribution in [0.5, 0.6) is 0 Å². The maximum Gasteiger partial charge on any atom is 0.254 e. The molecule has 3 rings (SSSR count). The molecule has 10 heteroatoms. The highest BCUT2D eigenvalue weighted by Crippen LogP contribution is 2.23. The first-order valence-corrected chi connectivity index (χ1v) is 9.56. The third-order valence-corrected chi connectivity index (χ3v) is 6.34. The number of hydrogen-bond donors (Lipinski definition) is 0. The lowest BCUT2D eigenvalue weighted by molar-refractivity contribution is 0.0697. The Balaban J connectivity index is 1.76. The fourth-order valence-electron chi connectivity index (χ4n) is 2.85. The van der Waals surface area contributed by atoms with Crippen molar-refractivity contribution in [1.82, 2.24) is 13.8 Å². The number of halogens is 2. The van der Waals surface area contributed by atoms with E-state index in [1.807, 2.05) is 0 Å². The smallest absolute Gasteiger partial charge is 0.254 e. The minimum absolute atomic E-state index is 0.0450.